The number of benzene rings is 1. The van der Waals surface area contributed by atoms with Gasteiger partial charge in [0.25, 0.3) is 0 Å². The van der Waals surface area contributed by atoms with Crippen LogP contribution in [0.2, 0.25) is 0 Å². The largest absolute Gasteiger partial charge is 0.444 e. The first-order valence-corrected chi connectivity index (χ1v) is 7.95. The number of carbonyl (C=O) groups excluding carboxylic acids is 1. The Morgan fingerprint density at radius 2 is 2.13 bits per heavy atom. The predicted molar refractivity (Wildman–Crippen MR) is 87.5 cm³/mol. The number of rotatable bonds is 3. The minimum Gasteiger partial charge on any atom is -0.444 e. The van der Waals surface area contributed by atoms with Crippen molar-refractivity contribution >= 4 is 6.09 Å². The van der Waals surface area contributed by atoms with Crippen molar-refractivity contribution in [3.8, 4) is 0 Å². The van der Waals surface area contributed by atoms with Crippen molar-refractivity contribution in [3.05, 3.63) is 35.6 Å². The van der Waals surface area contributed by atoms with Gasteiger partial charge in [0.15, 0.2) is 0 Å². The molecule has 1 aliphatic rings. The second kappa shape index (κ2) is 7.27. The molecule has 0 aliphatic carbocycles. The van der Waals surface area contributed by atoms with Crippen LogP contribution in [-0.2, 0) is 11.3 Å². The average molecular weight is 323 g/mol. The Hall–Kier alpha value is -1.66. The van der Waals surface area contributed by atoms with Gasteiger partial charge in [-0.25, -0.2) is 9.18 Å². The summed E-state index contributed by atoms with van der Waals surface area (Å²) in [6.07, 6.45) is -0.304. The average Bonchev–Trinajstić information content (AvgIpc) is 2.46. The molecule has 0 spiro atoms. The molecule has 1 saturated heterocycles. The van der Waals surface area contributed by atoms with E-state index in [0.717, 1.165) is 5.56 Å². The number of amides is 1. The first-order valence-electron chi connectivity index (χ1n) is 7.95. The van der Waals surface area contributed by atoms with Crippen LogP contribution in [0.5, 0.6) is 0 Å². The fourth-order valence-corrected chi connectivity index (χ4v) is 2.69. The molecular weight excluding hydrogens is 297 g/mol. The molecule has 0 radical (unpaired) electrons. The standard InChI is InChI=1S/C17H26FN3O2/c1-17(2,3)23-16(22)21-8-7-20(15(10-19)12-21)11-13-5-4-6-14(18)9-13/h4-6,9,15H,7-8,10-12,19H2,1-3H3. The maximum Gasteiger partial charge on any atom is 0.410 e. The maximum atomic E-state index is 13.3. The Morgan fingerprint density at radius 3 is 2.74 bits per heavy atom. The summed E-state index contributed by atoms with van der Waals surface area (Å²) in [5.74, 6) is -0.237. The van der Waals surface area contributed by atoms with E-state index in [-0.39, 0.29) is 18.0 Å². The molecule has 1 aromatic rings. The lowest BCUT2D eigenvalue weighted by Crippen LogP contribution is -2.57. The molecule has 0 aromatic heterocycles. The minimum absolute atomic E-state index is 0.0412. The zero-order valence-corrected chi connectivity index (χ0v) is 14.1. The number of hydrogen-bond donors (Lipinski definition) is 1. The van der Waals surface area contributed by atoms with Gasteiger partial charge in [-0.2, -0.15) is 0 Å². The van der Waals surface area contributed by atoms with Crippen LogP contribution in [-0.4, -0.2) is 53.7 Å². The Balaban J connectivity index is 1.97. The molecule has 23 heavy (non-hydrogen) atoms. The second-order valence-corrected chi connectivity index (χ2v) is 6.92. The molecule has 128 valence electrons. The van der Waals surface area contributed by atoms with Gasteiger partial charge in [0.2, 0.25) is 0 Å². The Morgan fingerprint density at radius 1 is 1.39 bits per heavy atom. The van der Waals surface area contributed by atoms with E-state index in [9.17, 15) is 9.18 Å². The number of nitrogens with zero attached hydrogens (tertiary/aromatic N) is 2. The van der Waals surface area contributed by atoms with Crippen LogP contribution in [0.15, 0.2) is 24.3 Å². The predicted octanol–water partition coefficient (Wildman–Crippen LogP) is 2.21. The lowest BCUT2D eigenvalue weighted by atomic mass is 10.1. The molecule has 1 amide bonds. The number of halogens is 1. The molecule has 0 saturated carbocycles. The van der Waals surface area contributed by atoms with Gasteiger partial charge in [-0.15, -0.1) is 0 Å². The molecule has 2 rings (SSSR count). The van der Waals surface area contributed by atoms with Crippen LogP contribution in [0.3, 0.4) is 0 Å². The van der Waals surface area contributed by atoms with Crippen LogP contribution < -0.4 is 5.73 Å². The van der Waals surface area contributed by atoms with Gasteiger partial charge < -0.3 is 15.4 Å². The summed E-state index contributed by atoms with van der Waals surface area (Å²) >= 11 is 0. The van der Waals surface area contributed by atoms with Gasteiger partial charge in [0.05, 0.1) is 0 Å². The van der Waals surface area contributed by atoms with Crippen LogP contribution >= 0.6 is 0 Å². The quantitative estimate of drug-likeness (QED) is 0.926. The lowest BCUT2D eigenvalue weighted by molar-refractivity contribution is 0.00353. The highest BCUT2D eigenvalue weighted by atomic mass is 19.1. The van der Waals surface area contributed by atoms with Gasteiger partial charge in [0.1, 0.15) is 11.4 Å². The second-order valence-electron chi connectivity index (χ2n) is 6.92. The molecule has 1 aromatic carbocycles. The van der Waals surface area contributed by atoms with Crippen LogP contribution in [0, 0.1) is 5.82 Å². The summed E-state index contributed by atoms with van der Waals surface area (Å²) in [6.45, 7) is 8.43. The highest BCUT2D eigenvalue weighted by Gasteiger charge is 2.31. The van der Waals surface area contributed by atoms with Crippen molar-refractivity contribution in [1.29, 1.82) is 0 Å². The van der Waals surface area contributed by atoms with Crippen molar-refractivity contribution in [1.82, 2.24) is 9.80 Å². The number of ether oxygens (including phenoxy) is 1. The van der Waals surface area contributed by atoms with Gasteiger partial charge in [-0.3, -0.25) is 4.90 Å². The number of hydrogen-bond acceptors (Lipinski definition) is 4. The number of carbonyl (C=O) groups is 1. The molecule has 1 atom stereocenters. The smallest absolute Gasteiger partial charge is 0.410 e. The molecule has 1 unspecified atom stereocenters. The Kier molecular flexibility index (Phi) is 5.59. The van der Waals surface area contributed by atoms with E-state index in [4.69, 9.17) is 10.5 Å². The molecule has 0 bridgehead atoms. The molecule has 1 fully saturated rings. The van der Waals surface area contributed by atoms with E-state index < -0.39 is 5.60 Å². The molecular formula is C17H26FN3O2. The molecule has 1 heterocycles. The van der Waals surface area contributed by atoms with E-state index in [1.165, 1.54) is 12.1 Å². The van der Waals surface area contributed by atoms with Crippen LogP contribution in [0.1, 0.15) is 26.3 Å². The molecule has 1 aliphatic heterocycles. The summed E-state index contributed by atoms with van der Waals surface area (Å²) in [6, 6.07) is 6.62. The Bertz CT molecular complexity index is 545. The fraction of sp³-hybridized carbons (Fsp3) is 0.588. The first kappa shape index (κ1) is 17.7. The zero-order valence-electron chi connectivity index (χ0n) is 14.1. The van der Waals surface area contributed by atoms with E-state index >= 15 is 0 Å². The highest BCUT2D eigenvalue weighted by Crippen LogP contribution is 2.17. The van der Waals surface area contributed by atoms with Gasteiger partial charge in [0, 0.05) is 38.8 Å². The third-order valence-corrected chi connectivity index (χ3v) is 3.80. The van der Waals surface area contributed by atoms with Crippen molar-refractivity contribution in [3.63, 3.8) is 0 Å². The number of nitrogens with two attached hydrogens (primary N) is 1. The normalized spacial score (nSPS) is 19.7. The summed E-state index contributed by atoms with van der Waals surface area (Å²) < 4.78 is 18.7. The van der Waals surface area contributed by atoms with E-state index in [2.05, 4.69) is 4.90 Å². The topological polar surface area (TPSA) is 58.8 Å². The van der Waals surface area contributed by atoms with Gasteiger partial charge >= 0.3 is 6.09 Å². The van der Waals surface area contributed by atoms with Crippen molar-refractivity contribution in [2.75, 3.05) is 26.2 Å². The molecule has 6 heteroatoms. The van der Waals surface area contributed by atoms with Gasteiger partial charge in [-0.1, -0.05) is 12.1 Å². The number of piperazine rings is 1. The molecule has 2 N–H and O–H groups in total. The van der Waals surface area contributed by atoms with E-state index in [1.54, 1.807) is 11.0 Å². The van der Waals surface area contributed by atoms with E-state index in [1.807, 2.05) is 26.8 Å². The fourth-order valence-electron chi connectivity index (χ4n) is 2.69. The highest BCUT2D eigenvalue weighted by molar-refractivity contribution is 5.68. The minimum atomic E-state index is -0.506. The maximum absolute atomic E-state index is 13.3. The van der Waals surface area contributed by atoms with E-state index in [0.29, 0.717) is 32.7 Å². The monoisotopic (exact) mass is 323 g/mol. The summed E-state index contributed by atoms with van der Waals surface area (Å²) in [5, 5.41) is 0. The SMILES string of the molecule is CC(C)(C)OC(=O)N1CCN(Cc2cccc(F)c2)C(CN)C1. The summed E-state index contributed by atoms with van der Waals surface area (Å²) in [5.41, 5.74) is 6.28. The first-order chi connectivity index (χ1) is 10.8. The lowest BCUT2D eigenvalue weighted by Gasteiger charge is -2.41. The Labute approximate surface area is 137 Å². The molecule has 5 nitrogen and oxygen atoms in total. The third-order valence-electron chi connectivity index (χ3n) is 3.80. The summed E-state index contributed by atoms with van der Waals surface area (Å²) in [4.78, 5) is 16.1. The van der Waals surface area contributed by atoms with Gasteiger partial charge in [-0.05, 0) is 38.5 Å². The van der Waals surface area contributed by atoms with Crippen LogP contribution in [0.25, 0.3) is 0 Å². The van der Waals surface area contributed by atoms with Crippen LogP contribution in [0.4, 0.5) is 9.18 Å². The third kappa shape index (κ3) is 5.18. The summed E-state index contributed by atoms with van der Waals surface area (Å²) in [7, 11) is 0. The zero-order chi connectivity index (χ0) is 17.0. The van der Waals surface area contributed by atoms with Crippen molar-refractivity contribution in [2.45, 2.75) is 39.0 Å². The van der Waals surface area contributed by atoms with Crippen molar-refractivity contribution < 1.29 is 13.9 Å². The van der Waals surface area contributed by atoms with Crippen molar-refractivity contribution in [2.24, 2.45) is 5.73 Å².